The highest BCUT2D eigenvalue weighted by Gasteiger charge is 2.28. The van der Waals surface area contributed by atoms with Crippen LogP contribution in [0, 0.1) is 0 Å². The number of methoxy groups -OCH3 is 4. The van der Waals surface area contributed by atoms with Crippen molar-refractivity contribution < 1.29 is 39.8 Å². The molecule has 8 nitrogen and oxygen atoms in total. The van der Waals surface area contributed by atoms with Gasteiger partial charge in [-0.2, -0.15) is 0 Å². The molecule has 4 aromatic carbocycles. The minimum atomic E-state index is 0.145. The molecule has 0 aliphatic carbocycles. The van der Waals surface area contributed by atoms with Gasteiger partial charge < -0.3 is 39.8 Å². The Labute approximate surface area is 258 Å². The fourth-order valence-corrected chi connectivity index (χ4v) is 6.88. The van der Waals surface area contributed by atoms with Crippen LogP contribution in [0.5, 0.6) is 34.5 Å². The maximum Gasteiger partial charge on any atom is 0.161 e. The molecule has 0 saturated carbocycles. The molecule has 0 bridgehead atoms. The Morgan fingerprint density at radius 1 is 0.568 bits per heavy atom. The first-order valence-corrected chi connectivity index (χ1v) is 15.2. The third-order valence-electron chi connectivity index (χ3n) is 9.14. The monoisotopic (exact) mass is 598 g/mol. The zero-order valence-electron chi connectivity index (χ0n) is 25.9. The lowest BCUT2D eigenvalue weighted by molar-refractivity contribution is -0.699. The topological polar surface area (TPSA) is 111 Å². The molecule has 0 amide bonds. The van der Waals surface area contributed by atoms with Crippen molar-refractivity contribution >= 4 is 0 Å². The summed E-state index contributed by atoms with van der Waals surface area (Å²) in [5.74, 6) is 3.26. The van der Waals surface area contributed by atoms with Gasteiger partial charge in [0.2, 0.25) is 0 Å². The van der Waals surface area contributed by atoms with Crippen molar-refractivity contribution in [2.45, 2.75) is 37.8 Å². The van der Waals surface area contributed by atoms with E-state index in [0.717, 1.165) is 72.9 Å². The summed E-state index contributed by atoms with van der Waals surface area (Å²) in [7, 11) is 6.66. The number of ether oxygens (including phenoxy) is 4. The summed E-state index contributed by atoms with van der Waals surface area (Å²) in [4.78, 5) is 0. The first kappa shape index (κ1) is 29.7. The summed E-state index contributed by atoms with van der Waals surface area (Å²) >= 11 is 0. The van der Waals surface area contributed by atoms with Gasteiger partial charge in [-0.3, -0.25) is 0 Å². The molecule has 4 aromatic rings. The highest BCUT2D eigenvalue weighted by atomic mass is 16.5. The summed E-state index contributed by atoms with van der Waals surface area (Å²) in [5, 5.41) is 26.7. The lowest BCUT2D eigenvalue weighted by atomic mass is 9.88. The second kappa shape index (κ2) is 12.7. The largest absolute Gasteiger partial charge is 0.507 e. The van der Waals surface area contributed by atoms with Crippen LogP contribution in [0.25, 0.3) is 11.1 Å². The molecule has 6 rings (SSSR count). The van der Waals surface area contributed by atoms with E-state index >= 15 is 0 Å². The van der Waals surface area contributed by atoms with Gasteiger partial charge in [-0.15, -0.1) is 0 Å². The predicted octanol–water partition coefficient (Wildman–Crippen LogP) is 3.61. The van der Waals surface area contributed by atoms with Gasteiger partial charge in [-0.25, -0.2) is 0 Å². The lowest BCUT2D eigenvalue weighted by Crippen LogP contribution is -2.87. The van der Waals surface area contributed by atoms with Gasteiger partial charge in [0.1, 0.15) is 23.6 Å². The van der Waals surface area contributed by atoms with Gasteiger partial charge in [0, 0.05) is 47.9 Å². The SMILES string of the molecule is COc1cc2c(cc1OC)[C@@H](Cc1ccc(O)c(-c3cc(C[C@H]4[NH2+]CCc5cc(OC)c(OC)cc54)ccc3O)c1)[NH2+]CC2. The first-order chi connectivity index (χ1) is 21.4. The number of phenols is 2. The molecule has 2 aliphatic heterocycles. The van der Waals surface area contributed by atoms with Crippen LogP contribution in [-0.2, 0) is 25.7 Å². The van der Waals surface area contributed by atoms with Gasteiger partial charge in [0.15, 0.2) is 23.0 Å². The smallest absolute Gasteiger partial charge is 0.161 e. The standard InChI is InChI=1S/C36H40N2O6/c1-41-33-17-23-9-11-37-29(25(23)19-35(33)43-3)15-21-5-7-31(39)27(13-21)28-14-22(6-8-32(28)40)16-30-26-20-36(44-4)34(42-2)18-24(26)10-12-38-30/h5-8,13-14,17-20,29-30,37-40H,9-12,15-16H2,1-4H3/p+2/t29-,30-/m1/s1. The molecule has 230 valence electrons. The fourth-order valence-electron chi connectivity index (χ4n) is 6.88. The zero-order chi connectivity index (χ0) is 30.8. The number of aromatic hydroxyl groups is 2. The van der Waals surface area contributed by atoms with Crippen LogP contribution in [0.2, 0.25) is 0 Å². The van der Waals surface area contributed by atoms with Crippen LogP contribution in [0.4, 0.5) is 0 Å². The fraction of sp³-hybridized carbons (Fsp3) is 0.333. The number of quaternary nitrogens is 2. The van der Waals surface area contributed by atoms with E-state index in [-0.39, 0.29) is 23.6 Å². The third-order valence-corrected chi connectivity index (χ3v) is 9.14. The first-order valence-electron chi connectivity index (χ1n) is 15.2. The number of benzene rings is 4. The average molecular weight is 599 g/mol. The number of fused-ring (bicyclic) bond motifs is 2. The molecule has 0 fully saturated rings. The summed E-state index contributed by atoms with van der Waals surface area (Å²) in [6, 6.07) is 20.2. The number of nitrogens with two attached hydrogens (primary N) is 2. The van der Waals surface area contributed by atoms with Gasteiger partial charge >= 0.3 is 0 Å². The van der Waals surface area contributed by atoms with Crippen molar-refractivity contribution in [3.63, 3.8) is 0 Å². The highest BCUT2D eigenvalue weighted by Crippen LogP contribution is 2.40. The van der Waals surface area contributed by atoms with E-state index in [9.17, 15) is 10.2 Å². The number of phenolic OH excluding ortho intramolecular Hbond substituents is 2. The van der Waals surface area contributed by atoms with Gasteiger partial charge in [0.05, 0.1) is 41.5 Å². The molecule has 2 heterocycles. The third kappa shape index (κ3) is 5.75. The van der Waals surface area contributed by atoms with Crippen molar-refractivity contribution in [3.8, 4) is 45.6 Å². The Morgan fingerprint density at radius 2 is 0.955 bits per heavy atom. The zero-order valence-corrected chi connectivity index (χ0v) is 25.9. The molecular formula is C36H42N2O6+2. The van der Waals surface area contributed by atoms with E-state index in [1.54, 1.807) is 40.6 Å². The second-order valence-electron chi connectivity index (χ2n) is 11.7. The molecule has 6 N–H and O–H groups in total. The summed E-state index contributed by atoms with van der Waals surface area (Å²) < 4.78 is 22.3. The van der Waals surface area contributed by atoms with E-state index in [4.69, 9.17) is 18.9 Å². The summed E-state index contributed by atoms with van der Waals surface area (Å²) in [6.07, 6.45) is 3.48. The van der Waals surface area contributed by atoms with Crippen molar-refractivity contribution in [2.75, 3.05) is 41.5 Å². The van der Waals surface area contributed by atoms with Gasteiger partial charge in [0.25, 0.3) is 0 Å². The number of hydrogen-bond donors (Lipinski definition) is 4. The Hall–Kier alpha value is -4.40. The molecular weight excluding hydrogens is 556 g/mol. The molecule has 0 saturated heterocycles. The Bertz CT molecular complexity index is 1550. The molecule has 0 spiro atoms. The van der Waals surface area contributed by atoms with Crippen molar-refractivity contribution in [3.05, 3.63) is 94.0 Å². The molecule has 0 aromatic heterocycles. The van der Waals surface area contributed by atoms with E-state index < -0.39 is 0 Å². The van der Waals surface area contributed by atoms with Crippen LogP contribution >= 0.6 is 0 Å². The van der Waals surface area contributed by atoms with E-state index in [0.29, 0.717) is 11.1 Å². The molecule has 2 atom stereocenters. The molecule has 0 unspecified atom stereocenters. The minimum Gasteiger partial charge on any atom is -0.507 e. The maximum absolute atomic E-state index is 11.0. The van der Waals surface area contributed by atoms with E-state index in [2.05, 4.69) is 34.9 Å². The molecule has 0 radical (unpaired) electrons. The van der Waals surface area contributed by atoms with Crippen LogP contribution in [0.1, 0.15) is 45.5 Å². The van der Waals surface area contributed by atoms with Crippen LogP contribution in [-0.4, -0.2) is 51.7 Å². The molecule has 8 heteroatoms. The maximum atomic E-state index is 11.0. The average Bonchev–Trinajstić information content (AvgIpc) is 3.05. The van der Waals surface area contributed by atoms with E-state index in [1.165, 1.54) is 22.3 Å². The van der Waals surface area contributed by atoms with Crippen molar-refractivity contribution in [1.82, 2.24) is 0 Å². The predicted molar refractivity (Wildman–Crippen MR) is 168 cm³/mol. The number of rotatable bonds is 9. The Morgan fingerprint density at radius 3 is 1.34 bits per heavy atom. The minimum absolute atomic E-state index is 0.145. The Kier molecular flexibility index (Phi) is 8.55. The second-order valence-corrected chi connectivity index (χ2v) is 11.7. The van der Waals surface area contributed by atoms with Crippen LogP contribution in [0.3, 0.4) is 0 Å². The van der Waals surface area contributed by atoms with Crippen molar-refractivity contribution in [1.29, 1.82) is 0 Å². The van der Waals surface area contributed by atoms with Crippen molar-refractivity contribution in [2.24, 2.45) is 0 Å². The summed E-state index contributed by atoms with van der Waals surface area (Å²) in [6.45, 7) is 1.97. The normalized spacial score (nSPS) is 17.4. The summed E-state index contributed by atoms with van der Waals surface area (Å²) in [5.41, 5.74) is 8.46. The van der Waals surface area contributed by atoms with E-state index in [1.807, 2.05) is 24.3 Å². The van der Waals surface area contributed by atoms with Crippen LogP contribution < -0.4 is 29.6 Å². The molecule has 2 aliphatic rings. The quantitative estimate of drug-likeness (QED) is 0.234. The number of hydrogen-bond acceptors (Lipinski definition) is 6. The highest BCUT2D eigenvalue weighted by molar-refractivity contribution is 5.76. The molecule has 44 heavy (non-hydrogen) atoms. The lowest BCUT2D eigenvalue weighted by Gasteiger charge is -2.26. The Balaban J connectivity index is 1.28. The van der Waals surface area contributed by atoms with Crippen LogP contribution in [0.15, 0.2) is 60.7 Å². The van der Waals surface area contributed by atoms with Gasteiger partial charge in [-0.05, 0) is 70.8 Å². The van der Waals surface area contributed by atoms with Gasteiger partial charge in [-0.1, -0.05) is 12.1 Å².